The number of anilines is 1. The smallest absolute Gasteiger partial charge is 0.255 e. The van der Waals surface area contributed by atoms with Gasteiger partial charge in [0.05, 0.1) is 0 Å². The Balaban J connectivity index is 2.21. The molecule has 0 bridgehead atoms. The van der Waals surface area contributed by atoms with E-state index in [-0.39, 0.29) is 11.5 Å². The molecule has 0 atom stereocenters. The molecule has 0 aliphatic carbocycles. The molecule has 92 valence electrons. The van der Waals surface area contributed by atoms with Gasteiger partial charge in [0.2, 0.25) is 5.95 Å². The van der Waals surface area contributed by atoms with Gasteiger partial charge in [0.25, 0.3) is 5.91 Å². The Morgan fingerprint density at radius 3 is 2.83 bits per heavy atom. The van der Waals surface area contributed by atoms with E-state index in [0.717, 1.165) is 23.7 Å². The molecule has 0 fully saturated rings. The third-order valence-corrected chi connectivity index (χ3v) is 2.64. The topological polar surface area (TPSA) is 42.0 Å². The molecule has 0 saturated heterocycles. The number of nitrogens with one attached hydrogen (secondary N) is 1. The highest BCUT2D eigenvalue weighted by Crippen LogP contribution is 2.16. The summed E-state index contributed by atoms with van der Waals surface area (Å²) in [4.78, 5) is 15.3. The summed E-state index contributed by atoms with van der Waals surface area (Å²) < 4.78 is 12.9. The van der Waals surface area contributed by atoms with Gasteiger partial charge in [-0.1, -0.05) is 25.1 Å². The second-order valence-electron chi connectivity index (χ2n) is 3.83. The van der Waals surface area contributed by atoms with Crippen molar-refractivity contribution in [3.8, 4) is 0 Å². The van der Waals surface area contributed by atoms with Crippen molar-refractivity contribution in [2.45, 2.75) is 13.3 Å². The van der Waals surface area contributed by atoms with Gasteiger partial charge in [0.15, 0.2) is 0 Å². The van der Waals surface area contributed by atoms with Crippen molar-refractivity contribution < 1.29 is 9.18 Å². The lowest BCUT2D eigenvalue weighted by molar-refractivity contribution is 0.102. The number of nitrogens with zero attached hydrogens (tertiary/aromatic N) is 1. The molecule has 2 aromatic rings. The van der Waals surface area contributed by atoms with E-state index >= 15 is 0 Å². The number of carbonyl (C=O) groups is 1. The Morgan fingerprint density at radius 2 is 2.11 bits per heavy atom. The van der Waals surface area contributed by atoms with Crippen LogP contribution in [0.5, 0.6) is 0 Å². The average Bonchev–Trinajstić information content (AvgIpc) is 2.39. The lowest BCUT2D eigenvalue weighted by Crippen LogP contribution is -2.13. The fourth-order valence-electron chi connectivity index (χ4n) is 1.69. The summed E-state index contributed by atoms with van der Waals surface area (Å²) in [6.07, 6.45) is 2.09. The molecule has 0 aliphatic heterocycles. The van der Waals surface area contributed by atoms with E-state index in [1.54, 1.807) is 0 Å². The van der Waals surface area contributed by atoms with Crippen LogP contribution in [-0.4, -0.2) is 10.9 Å². The van der Waals surface area contributed by atoms with Crippen molar-refractivity contribution in [2.24, 2.45) is 0 Å². The van der Waals surface area contributed by atoms with E-state index in [2.05, 4.69) is 10.3 Å². The largest absolute Gasteiger partial charge is 0.322 e. The predicted molar refractivity (Wildman–Crippen MR) is 68.0 cm³/mol. The van der Waals surface area contributed by atoms with Gasteiger partial charge >= 0.3 is 0 Å². The fourth-order valence-corrected chi connectivity index (χ4v) is 1.69. The predicted octanol–water partition coefficient (Wildman–Crippen LogP) is 3.04. The number of halogens is 1. The molecule has 1 aromatic heterocycles. The van der Waals surface area contributed by atoms with Crippen LogP contribution in [0.1, 0.15) is 22.8 Å². The first-order chi connectivity index (χ1) is 8.70. The number of pyridine rings is 1. The van der Waals surface area contributed by atoms with Crippen molar-refractivity contribution in [1.82, 2.24) is 4.98 Å². The number of para-hydroxylation sites is 1. The Labute approximate surface area is 105 Å². The van der Waals surface area contributed by atoms with Crippen LogP contribution in [0.25, 0.3) is 0 Å². The van der Waals surface area contributed by atoms with Crippen molar-refractivity contribution in [1.29, 1.82) is 0 Å². The van der Waals surface area contributed by atoms with E-state index in [9.17, 15) is 9.18 Å². The molecule has 0 spiro atoms. The lowest BCUT2D eigenvalue weighted by Gasteiger charge is -2.09. The average molecular weight is 244 g/mol. The highest BCUT2D eigenvalue weighted by molar-refractivity contribution is 6.04. The van der Waals surface area contributed by atoms with Crippen LogP contribution < -0.4 is 5.32 Å². The summed E-state index contributed by atoms with van der Waals surface area (Å²) in [5.41, 5.74) is 2.05. The maximum absolute atomic E-state index is 12.9. The minimum Gasteiger partial charge on any atom is -0.322 e. The summed E-state index contributed by atoms with van der Waals surface area (Å²) in [5.74, 6) is -0.997. The highest BCUT2D eigenvalue weighted by atomic mass is 19.1. The molecular weight excluding hydrogens is 231 g/mol. The maximum atomic E-state index is 12.9. The lowest BCUT2D eigenvalue weighted by atomic mass is 10.1. The molecule has 2 rings (SSSR count). The molecule has 0 radical (unpaired) electrons. The van der Waals surface area contributed by atoms with Gasteiger partial charge in [-0.25, -0.2) is 4.98 Å². The zero-order valence-corrected chi connectivity index (χ0v) is 9.98. The second-order valence-corrected chi connectivity index (χ2v) is 3.83. The number of rotatable bonds is 3. The van der Waals surface area contributed by atoms with E-state index in [4.69, 9.17) is 0 Å². The SMILES string of the molecule is CCc1ccccc1NC(=O)c1ccnc(F)c1. The molecule has 1 heterocycles. The van der Waals surface area contributed by atoms with E-state index in [0.29, 0.717) is 0 Å². The molecule has 0 unspecified atom stereocenters. The van der Waals surface area contributed by atoms with Crippen LogP contribution in [0.15, 0.2) is 42.6 Å². The molecule has 0 aliphatic rings. The minimum absolute atomic E-state index is 0.258. The van der Waals surface area contributed by atoms with Crippen LogP contribution >= 0.6 is 0 Å². The normalized spacial score (nSPS) is 10.1. The van der Waals surface area contributed by atoms with Gasteiger partial charge in [-0.05, 0) is 24.1 Å². The molecule has 1 aromatic carbocycles. The minimum atomic E-state index is -0.661. The van der Waals surface area contributed by atoms with Crippen LogP contribution in [0.3, 0.4) is 0 Å². The monoisotopic (exact) mass is 244 g/mol. The van der Waals surface area contributed by atoms with Gasteiger partial charge in [-0.2, -0.15) is 4.39 Å². The van der Waals surface area contributed by atoms with Crippen molar-refractivity contribution in [3.05, 3.63) is 59.7 Å². The maximum Gasteiger partial charge on any atom is 0.255 e. The van der Waals surface area contributed by atoms with Gasteiger partial charge in [0.1, 0.15) is 0 Å². The Hall–Kier alpha value is -2.23. The standard InChI is InChI=1S/C14H13FN2O/c1-2-10-5-3-4-6-12(10)17-14(18)11-7-8-16-13(15)9-11/h3-9H,2H2,1H3,(H,17,18). The summed E-state index contributed by atoms with van der Waals surface area (Å²) >= 11 is 0. The number of amides is 1. The Bertz CT molecular complexity index is 569. The number of hydrogen-bond donors (Lipinski definition) is 1. The fraction of sp³-hybridized carbons (Fsp3) is 0.143. The van der Waals surface area contributed by atoms with Crippen LogP contribution in [-0.2, 0) is 6.42 Å². The van der Waals surface area contributed by atoms with Crippen LogP contribution in [0, 0.1) is 5.95 Å². The Kier molecular flexibility index (Phi) is 3.67. The molecular formula is C14H13FN2O. The molecule has 1 N–H and O–H groups in total. The van der Waals surface area contributed by atoms with E-state index in [1.165, 1.54) is 12.3 Å². The van der Waals surface area contributed by atoms with Crippen LogP contribution in [0.4, 0.5) is 10.1 Å². The molecule has 0 saturated carbocycles. The molecule has 1 amide bonds. The van der Waals surface area contributed by atoms with Gasteiger partial charge in [-0.3, -0.25) is 4.79 Å². The first-order valence-corrected chi connectivity index (χ1v) is 5.71. The van der Waals surface area contributed by atoms with Crippen molar-refractivity contribution in [3.63, 3.8) is 0 Å². The number of aromatic nitrogens is 1. The Morgan fingerprint density at radius 1 is 1.33 bits per heavy atom. The molecule has 3 nitrogen and oxygen atoms in total. The zero-order valence-electron chi connectivity index (χ0n) is 9.98. The second kappa shape index (κ2) is 5.40. The molecule has 18 heavy (non-hydrogen) atoms. The summed E-state index contributed by atoms with van der Waals surface area (Å²) in [7, 11) is 0. The summed E-state index contributed by atoms with van der Waals surface area (Å²) in [5, 5.41) is 2.77. The first kappa shape index (κ1) is 12.2. The van der Waals surface area contributed by atoms with Crippen LogP contribution in [0.2, 0.25) is 0 Å². The zero-order chi connectivity index (χ0) is 13.0. The van der Waals surface area contributed by atoms with Gasteiger partial charge in [-0.15, -0.1) is 0 Å². The first-order valence-electron chi connectivity index (χ1n) is 5.71. The number of carbonyl (C=O) groups excluding carboxylic acids is 1. The third-order valence-electron chi connectivity index (χ3n) is 2.64. The summed E-state index contributed by atoms with van der Waals surface area (Å²) in [6, 6.07) is 10.1. The summed E-state index contributed by atoms with van der Waals surface area (Å²) in [6.45, 7) is 2.01. The number of hydrogen-bond acceptors (Lipinski definition) is 2. The van der Waals surface area contributed by atoms with Gasteiger partial charge < -0.3 is 5.32 Å². The van der Waals surface area contributed by atoms with E-state index in [1.807, 2.05) is 31.2 Å². The number of aryl methyl sites for hydroxylation is 1. The van der Waals surface area contributed by atoms with E-state index < -0.39 is 5.95 Å². The highest BCUT2D eigenvalue weighted by Gasteiger charge is 2.09. The van der Waals surface area contributed by atoms with Crippen molar-refractivity contribution in [2.75, 3.05) is 5.32 Å². The van der Waals surface area contributed by atoms with Gasteiger partial charge in [0, 0.05) is 23.5 Å². The van der Waals surface area contributed by atoms with Crippen molar-refractivity contribution >= 4 is 11.6 Å². The number of benzene rings is 1. The molecule has 4 heteroatoms. The quantitative estimate of drug-likeness (QED) is 0.843. The third kappa shape index (κ3) is 2.71.